The van der Waals surface area contributed by atoms with E-state index in [9.17, 15) is 8.42 Å². The lowest BCUT2D eigenvalue weighted by atomic mass is 10.2. The molecule has 2 rings (SSSR count). The zero-order valence-corrected chi connectivity index (χ0v) is 14.1. The van der Waals surface area contributed by atoms with Gasteiger partial charge in [0.25, 0.3) is 0 Å². The number of sulfone groups is 1. The summed E-state index contributed by atoms with van der Waals surface area (Å²) in [5.74, 6) is 0.0791. The minimum Gasteiger partial charge on any atom is -0.375 e. The number of nitrogens with one attached hydrogen (secondary N) is 1. The summed E-state index contributed by atoms with van der Waals surface area (Å²) in [5, 5.41) is 3.19. The first-order valence-electron chi connectivity index (χ1n) is 7.71. The van der Waals surface area contributed by atoms with Crippen LogP contribution >= 0.6 is 0 Å². The molecule has 0 unspecified atom stereocenters. The maximum absolute atomic E-state index is 12.2. The second kappa shape index (κ2) is 8.82. The fraction of sp³-hybridized carbons (Fsp3) is 0.333. The molecule has 1 atom stereocenters. The normalized spacial score (nSPS) is 12.9. The summed E-state index contributed by atoms with van der Waals surface area (Å²) in [6, 6.07) is 18.4. The molecule has 0 saturated heterocycles. The Kier molecular flexibility index (Phi) is 6.77. The minimum atomic E-state index is -3.25. The molecule has 0 radical (unpaired) electrons. The quantitative estimate of drug-likeness (QED) is 0.717. The second-order valence-electron chi connectivity index (χ2n) is 5.49. The van der Waals surface area contributed by atoms with Crippen molar-refractivity contribution < 1.29 is 13.2 Å². The van der Waals surface area contributed by atoms with Crippen molar-refractivity contribution in [2.45, 2.75) is 24.5 Å². The summed E-state index contributed by atoms with van der Waals surface area (Å²) in [6.07, 6.45) is 0. The molecule has 4 nitrogen and oxygen atoms in total. The first kappa shape index (κ1) is 17.7. The number of hydrogen-bond donors (Lipinski definition) is 1. The van der Waals surface area contributed by atoms with Crippen LogP contribution in [0.1, 0.15) is 12.5 Å². The third-order valence-corrected chi connectivity index (χ3v) is 5.35. The first-order valence-corrected chi connectivity index (χ1v) is 9.36. The Morgan fingerprint density at radius 3 is 2.26 bits per heavy atom. The molecule has 2 aromatic rings. The third kappa shape index (κ3) is 6.14. The van der Waals surface area contributed by atoms with Crippen molar-refractivity contribution in [3.05, 3.63) is 66.2 Å². The number of rotatable bonds is 9. The summed E-state index contributed by atoms with van der Waals surface area (Å²) >= 11 is 0. The lowest BCUT2D eigenvalue weighted by Crippen LogP contribution is -2.35. The molecule has 0 fully saturated rings. The van der Waals surface area contributed by atoms with E-state index in [1.807, 2.05) is 43.3 Å². The van der Waals surface area contributed by atoms with E-state index in [2.05, 4.69) is 5.32 Å². The van der Waals surface area contributed by atoms with Crippen LogP contribution in [0.4, 0.5) is 0 Å². The molecule has 5 heteroatoms. The van der Waals surface area contributed by atoms with Gasteiger partial charge < -0.3 is 10.1 Å². The molecule has 0 aliphatic heterocycles. The summed E-state index contributed by atoms with van der Waals surface area (Å²) in [7, 11) is -3.25. The second-order valence-corrected chi connectivity index (χ2v) is 7.52. The Bertz CT molecular complexity index is 672. The fourth-order valence-electron chi connectivity index (χ4n) is 2.25. The molecule has 0 saturated carbocycles. The highest BCUT2D eigenvalue weighted by molar-refractivity contribution is 7.91. The molecule has 0 bridgehead atoms. The summed E-state index contributed by atoms with van der Waals surface area (Å²) in [6.45, 7) is 3.61. The van der Waals surface area contributed by atoms with Crippen LogP contribution in [-0.4, -0.2) is 33.4 Å². The molecular weight excluding hydrogens is 310 g/mol. The van der Waals surface area contributed by atoms with Crippen molar-refractivity contribution >= 4 is 9.84 Å². The zero-order chi connectivity index (χ0) is 16.5. The van der Waals surface area contributed by atoms with Gasteiger partial charge in [-0.15, -0.1) is 0 Å². The molecular formula is C18H23NO3S. The van der Waals surface area contributed by atoms with Crippen LogP contribution in [0.3, 0.4) is 0 Å². The Hall–Kier alpha value is -1.69. The molecule has 124 valence electrons. The van der Waals surface area contributed by atoms with E-state index in [-0.39, 0.29) is 11.8 Å². The summed E-state index contributed by atoms with van der Waals surface area (Å²) < 4.78 is 30.1. The Morgan fingerprint density at radius 1 is 1.00 bits per heavy atom. The van der Waals surface area contributed by atoms with Gasteiger partial charge in [0, 0.05) is 12.6 Å². The van der Waals surface area contributed by atoms with Gasteiger partial charge in [-0.3, -0.25) is 0 Å². The average Bonchev–Trinajstić information content (AvgIpc) is 2.56. The first-order chi connectivity index (χ1) is 11.1. The van der Waals surface area contributed by atoms with Gasteiger partial charge in [0.15, 0.2) is 9.84 Å². The zero-order valence-electron chi connectivity index (χ0n) is 13.3. The lowest BCUT2D eigenvalue weighted by molar-refractivity contribution is 0.121. The number of ether oxygens (including phenoxy) is 1. The van der Waals surface area contributed by atoms with Crippen molar-refractivity contribution in [2.75, 3.05) is 18.9 Å². The van der Waals surface area contributed by atoms with Crippen LogP contribution in [0.5, 0.6) is 0 Å². The number of hydrogen-bond acceptors (Lipinski definition) is 4. The van der Waals surface area contributed by atoms with E-state index in [0.29, 0.717) is 24.7 Å². The maximum Gasteiger partial charge on any atom is 0.179 e. The van der Waals surface area contributed by atoms with Crippen LogP contribution < -0.4 is 5.32 Å². The Morgan fingerprint density at radius 2 is 1.61 bits per heavy atom. The lowest BCUT2D eigenvalue weighted by Gasteiger charge is -2.14. The molecule has 1 N–H and O–H groups in total. The van der Waals surface area contributed by atoms with Gasteiger partial charge >= 0.3 is 0 Å². The average molecular weight is 333 g/mol. The van der Waals surface area contributed by atoms with Gasteiger partial charge in [0.1, 0.15) is 0 Å². The molecule has 0 heterocycles. The van der Waals surface area contributed by atoms with Crippen LogP contribution in [0.25, 0.3) is 0 Å². The molecule has 0 aliphatic carbocycles. The largest absolute Gasteiger partial charge is 0.375 e. The van der Waals surface area contributed by atoms with E-state index in [1.165, 1.54) is 0 Å². The highest BCUT2D eigenvalue weighted by Gasteiger charge is 2.17. The van der Waals surface area contributed by atoms with Gasteiger partial charge in [0.05, 0.1) is 23.9 Å². The third-order valence-electron chi connectivity index (χ3n) is 3.42. The van der Waals surface area contributed by atoms with Crippen molar-refractivity contribution in [3.63, 3.8) is 0 Å². The van der Waals surface area contributed by atoms with Crippen molar-refractivity contribution in [1.82, 2.24) is 5.32 Å². The standard InChI is InChI=1S/C18H23NO3S/c1-16(15-23(20,21)18-10-6-3-7-11-18)19-12-13-22-14-17-8-4-2-5-9-17/h2-11,16,19H,12-15H2,1H3/t16-/m0/s1. The molecule has 0 amide bonds. The molecule has 2 aromatic carbocycles. The van der Waals surface area contributed by atoms with Crippen LogP contribution in [0.15, 0.2) is 65.6 Å². The monoisotopic (exact) mass is 333 g/mol. The predicted molar refractivity (Wildman–Crippen MR) is 92.1 cm³/mol. The topological polar surface area (TPSA) is 55.4 Å². The van der Waals surface area contributed by atoms with Gasteiger partial charge in [-0.05, 0) is 24.6 Å². The minimum absolute atomic E-state index is 0.0791. The van der Waals surface area contributed by atoms with Gasteiger partial charge in [-0.25, -0.2) is 8.42 Å². The van der Waals surface area contributed by atoms with Crippen LogP contribution in [0.2, 0.25) is 0 Å². The van der Waals surface area contributed by atoms with Crippen LogP contribution in [0, 0.1) is 0 Å². The van der Waals surface area contributed by atoms with Gasteiger partial charge in [0.2, 0.25) is 0 Å². The molecule has 0 spiro atoms. The van der Waals surface area contributed by atoms with Crippen molar-refractivity contribution in [3.8, 4) is 0 Å². The Balaban J connectivity index is 1.68. The van der Waals surface area contributed by atoms with Gasteiger partial charge in [-0.2, -0.15) is 0 Å². The predicted octanol–water partition coefficient (Wildman–Crippen LogP) is 2.66. The van der Waals surface area contributed by atoms with E-state index in [1.54, 1.807) is 24.3 Å². The van der Waals surface area contributed by atoms with Crippen molar-refractivity contribution in [1.29, 1.82) is 0 Å². The number of benzene rings is 2. The highest BCUT2D eigenvalue weighted by atomic mass is 32.2. The fourth-order valence-corrected chi connectivity index (χ4v) is 3.79. The summed E-state index contributed by atoms with van der Waals surface area (Å²) in [5.41, 5.74) is 1.13. The van der Waals surface area contributed by atoms with E-state index in [4.69, 9.17) is 4.74 Å². The van der Waals surface area contributed by atoms with Gasteiger partial charge in [-0.1, -0.05) is 48.5 Å². The van der Waals surface area contributed by atoms with E-state index < -0.39 is 9.84 Å². The maximum atomic E-state index is 12.2. The SMILES string of the molecule is C[C@@H](CS(=O)(=O)c1ccccc1)NCCOCc1ccccc1. The van der Waals surface area contributed by atoms with E-state index in [0.717, 1.165) is 5.56 Å². The molecule has 23 heavy (non-hydrogen) atoms. The van der Waals surface area contributed by atoms with Crippen LogP contribution in [-0.2, 0) is 21.2 Å². The van der Waals surface area contributed by atoms with Crippen molar-refractivity contribution in [2.24, 2.45) is 0 Å². The highest BCUT2D eigenvalue weighted by Crippen LogP contribution is 2.11. The molecule has 0 aliphatic rings. The summed E-state index contributed by atoms with van der Waals surface area (Å²) in [4.78, 5) is 0.369. The molecule has 0 aromatic heterocycles. The smallest absolute Gasteiger partial charge is 0.179 e. The Labute approximate surface area is 138 Å². The van der Waals surface area contributed by atoms with E-state index >= 15 is 0 Å².